The van der Waals surface area contributed by atoms with E-state index in [1.165, 1.54) is 16.6 Å². The molecule has 1 N–H and O–H groups in total. The molecule has 0 bridgehead atoms. The highest BCUT2D eigenvalue weighted by atomic mass is 32.2. The van der Waals surface area contributed by atoms with Crippen LogP contribution in [0, 0.1) is 11.3 Å². The predicted octanol–water partition coefficient (Wildman–Crippen LogP) is 2.22. The number of amides is 1. The maximum atomic E-state index is 12.8. The van der Waals surface area contributed by atoms with Crippen molar-refractivity contribution in [3.8, 4) is 6.07 Å². The molecule has 0 atom stereocenters. The van der Waals surface area contributed by atoms with Crippen LogP contribution < -0.4 is 5.32 Å². The summed E-state index contributed by atoms with van der Waals surface area (Å²) >= 11 is 0. The van der Waals surface area contributed by atoms with Crippen molar-refractivity contribution in [3.05, 3.63) is 71.9 Å². The van der Waals surface area contributed by atoms with E-state index in [-0.39, 0.29) is 41.4 Å². The summed E-state index contributed by atoms with van der Waals surface area (Å²) in [5.74, 6) is -1.25. The third-order valence-corrected chi connectivity index (χ3v) is 6.91. The molecule has 1 aliphatic rings. The Morgan fingerprint density at radius 1 is 1.06 bits per heavy atom. The van der Waals surface area contributed by atoms with E-state index in [0.717, 1.165) is 0 Å². The van der Waals surface area contributed by atoms with Crippen LogP contribution in [0.1, 0.15) is 17.3 Å². The number of hydrogen-bond acceptors (Lipinski definition) is 7. The molecular weight excluding hydrogens is 444 g/mol. The Labute approximate surface area is 192 Å². The average Bonchev–Trinajstić information content (AvgIpc) is 2.83. The Kier molecular flexibility index (Phi) is 7.82. The number of nitriles is 1. The Hall–Kier alpha value is -3.68. The molecule has 1 heterocycles. The van der Waals surface area contributed by atoms with Crippen molar-refractivity contribution in [1.82, 2.24) is 9.21 Å². The second-order valence-corrected chi connectivity index (χ2v) is 9.07. The summed E-state index contributed by atoms with van der Waals surface area (Å²) < 4.78 is 31.9. The van der Waals surface area contributed by atoms with Gasteiger partial charge in [0.25, 0.3) is 5.91 Å². The van der Waals surface area contributed by atoms with E-state index in [4.69, 9.17) is 4.74 Å². The summed E-state index contributed by atoms with van der Waals surface area (Å²) in [5.41, 5.74) is 0.263. The van der Waals surface area contributed by atoms with Crippen LogP contribution in [0.3, 0.4) is 0 Å². The van der Waals surface area contributed by atoms with E-state index in [9.17, 15) is 23.3 Å². The van der Waals surface area contributed by atoms with Gasteiger partial charge in [-0.1, -0.05) is 30.3 Å². The van der Waals surface area contributed by atoms with Crippen molar-refractivity contribution in [2.45, 2.75) is 11.8 Å². The van der Waals surface area contributed by atoms with Crippen molar-refractivity contribution < 1.29 is 22.7 Å². The number of carbonyl (C=O) groups is 2. The van der Waals surface area contributed by atoms with Crippen LogP contribution >= 0.6 is 0 Å². The smallest absolute Gasteiger partial charge is 0.340 e. The van der Waals surface area contributed by atoms with Gasteiger partial charge in [-0.2, -0.15) is 9.57 Å². The molecule has 3 rings (SSSR count). The number of sulfonamides is 1. The predicted molar refractivity (Wildman–Crippen MR) is 121 cm³/mol. The van der Waals surface area contributed by atoms with Crippen LogP contribution in [0.2, 0.25) is 0 Å². The zero-order chi connectivity index (χ0) is 23.8. The molecule has 0 aromatic heterocycles. The summed E-state index contributed by atoms with van der Waals surface area (Å²) in [5, 5.41) is 12.1. The molecule has 172 valence electrons. The molecule has 0 spiro atoms. The number of carbonyl (C=O) groups excluding carboxylic acids is 2. The molecule has 0 aliphatic carbocycles. The van der Waals surface area contributed by atoms with E-state index in [2.05, 4.69) is 5.32 Å². The summed E-state index contributed by atoms with van der Waals surface area (Å²) in [6, 6.07) is 16.4. The highest BCUT2D eigenvalue weighted by molar-refractivity contribution is 7.89. The molecule has 0 radical (unpaired) electrons. The minimum Gasteiger partial charge on any atom is -0.462 e. The molecule has 1 fully saturated rings. The number of rotatable bonds is 7. The summed E-state index contributed by atoms with van der Waals surface area (Å²) in [4.78, 5) is 26.7. The lowest BCUT2D eigenvalue weighted by molar-refractivity contribution is -0.112. The Morgan fingerprint density at radius 3 is 2.33 bits per heavy atom. The minimum atomic E-state index is -3.60. The molecule has 2 aromatic rings. The Balaban J connectivity index is 1.67. The SMILES string of the molecule is CCOC(=O)c1ccccc1NC(=O)/C(C#N)=C\N1CCN(S(=O)(=O)c2ccccc2)CC1. The molecule has 1 saturated heterocycles. The van der Waals surface area contributed by atoms with Crippen LogP contribution in [-0.2, 0) is 19.6 Å². The van der Waals surface area contributed by atoms with Gasteiger partial charge in [-0.15, -0.1) is 0 Å². The number of ether oxygens (including phenoxy) is 1. The van der Waals surface area contributed by atoms with Gasteiger partial charge in [0, 0.05) is 32.4 Å². The number of para-hydroxylation sites is 1. The number of nitrogens with one attached hydrogen (secondary N) is 1. The first-order valence-corrected chi connectivity index (χ1v) is 11.8. The number of piperazine rings is 1. The summed E-state index contributed by atoms with van der Waals surface area (Å²) in [6.07, 6.45) is 1.41. The number of hydrogen-bond donors (Lipinski definition) is 1. The molecule has 9 nitrogen and oxygen atoms in total. The van der Waals surface area contributed by atoms with E-state index >= 15 is 0 Å². The molecule has 0 unspecified atom stereocenters. The van der Waals surface area contributed by atoms with Gasteiger partial charge in [0.05, 0.1) is 22.8 Å². The first-order valence-electron chi connectivity index (χ1n) is 10.4. The lowest BCUT2D eigenvalue weighted by Crippen LogP contribution is -2.46. The van der Waals surface area contributed by atoms with Crippen molar-refractivity contribution in [3.63, 3.8) is 0 Å². The van der Waals surface area contributed by atoms with E-state index < -0.39 is 21.9 Å². The maximum Gasteiger partial charge on any atom is 0.340 e. The van der Waals surface area contributed by atoms with Gasteiger partial charge in [0.1, 0.15) is 11.6 Å². The monoisotopic (exact) mass is 468 g/mol. The molecule has 2 aromatic carbocycles. The zero-order valence-corrected chi connectivity index (χ0v) is 18.9. The van der Waals surface area contributed by atoms with Crippen LogP contribution in [0.15, 0.2) is 71.3 Å². The van der Waals surface area contributed by atoms with Crippen LogP contribution in [0.5, 0.6) is 0 Å². The minimum absolute atomic E-state index is 0.159. The zero-order valence-electron chi connectivity index (χ0n) is 18.1. The van der Waals surface area contributed by atoms with Gasteiger partial charge in [0.2, 0.25) is 10.0 Å². The van der Waals surface area contributed by atoms with E-state index in [0.29, 0.717) is 13.1 Å². The van der Waals surface area contributed by atoms with Crippen molar-refractivity contribution >= 4 is 27.6 Å². The lowest BCUT2D eigenvalue weighted by atomic mass is 10.1. The average molecular weight is 469 g/mol. The van der Waals surface area contributed by atoms with Gasteiger partial charge in [-0.05, 0) is 31.2 Å². The summed E-state index contributed by atoms with van der Waals surface area (Å²) in [6.45, 7) is 2.96. The van der Waals surface area contributed by atoms with E-state index in [1.54, 1.807) is 60.4 Å². The van der Waals surface area contributed by atoms with Crippen molar-refractivity contribution in [1.29, 1.82) is 5.26 Å². The van der Waals surface area contributed by atoms with Gasteiger partial charge < -0.3 is 15.0 Å². The van der Waals surface area contributed by atoms with Crippen molar-refractivity contribution in [2.24, 2.45) is 0 Å². The highest BCUT2D eigenvalue weighted by Crippen LogP contribution is 2.19. The quantitative estimate of drug-likeness (QED) is 0.376. The fraction of sp³-hybridized carbons (Fsp3) is 0.261. The number of esters is 1. The third kappa shape index (κ3) is 5.77. The second-order valence-electron chi connectivity index (χ2n) is 7.13. The van der Waals surface area contributed by atoms with E-state index in [1.807, 2.05) is 6.07 Å². The molecule has 1 aliphatic heterocycles. The first kappa shape index (κ1) is 24.0. The standard InChI is InChI=1S/C23H24N4O5S/c1-2-32-23(29)20-10-6-7-11-21(20)25-22(28)18(16-24)17-26-12-14-27(15-13-26)33(30,31)19-8-4-3-5-9-19/h3-11,17H,2,12-15H2,1H3,(H,25,28)/b18-17-. The van der Waals surface area contributed by atoms with Gasteiger partial charge in [-0.25, -0.2) is 13.2 Å². The van der Waals surface area contributed by atoms with Crippen LogP contribution in [0.4, 0.5) is 5.69 Å². The lowest BCUT2D eigenvalue weighted by Gasteiger charge is -2.33. The number of anilines is 1. The number of benzene rings is 2. The highest BCUT2D eigenvalue weighted by Gasteiger charge is 2.28. The normalized spacial score (nSPS) is 14.9. The third-order valence-electron chi connectivity index (χ3n) is 5.00. The largest absolute Gasteiger partial charge is 0.462 e. The van der Waals surface area contributed by atoms with Crippen LogP contribution in [-0.4, -0.2) is 62.3 Å². The first-order chi connectivity index (χ1) is 15.9. The molecular formula is C23H24N4O5S. The molecule has 10 heteroatoms. The topological polar surface area (TPSA) is 120 Å². The van der Waals surface area contributed by atoms with Gasteiger partial charge in [-0.3, -0.25) is 4.79 Å². The summed E-state index contributed by atoms with van der Waals surface area (Å²) in [7, 11) is -3.60. The maximum absolute atomic E-state index is 12.8. The fourth-order valence-corrected chi connectivity index (χ4v) is 4.75. The van der Waals surface area contributed by atoms with Gasteiger partial charge in [0.15, 0.2) is 0 Å². The van der Waals surface area contributed by atoms with Crippen LogP contribution in [0.25, 0.3) is 0 Å². The molecule has 0 saturated carbocycles. The molecule has 33 heavy (non-hydrogen) atoms. The Morgan fingerprint density at radius 2 is 1.70 bits per heavy atom. The second kappa shape index (κ2) is 10.8. The Bertz CT molecular complexity index is 1180. The van der Waals surface area contributed by atoms with Gasteiger partial charge >= 0.3 is 5.97 Å². The number of nitrogens with zero attached hydrogens (tertiary/aromatic N) is 3. The molecule has 1 amide bonds. The fourth-order valence-electron chi connectivity index (χ4n) is 3.30. The van der Waals surface area contributed by atoms with Crippen molar-refractivity contribution in [2.75, 3.05) is 38.1 Å².